The van der Waals surface area contributed by atoms with Gasteiger partial charge in [0, 0.05) is 25.7 Å². The quantitative estimate of drug-likeness (QED) is 0.815. The maximum absolute atomic E-state index is 6.44. The van der Waals surface area contributed by atoms with E-state index >= 15 is 0 Å². The Hall–Kier alpha value is -0.120. The number of hydrogen-bond acceptors (Lipinski definition) is 3. The van der Waals surface area contributed by atoms with Crippen LogP contribution in [0.25, 0.3) is 0 Å². The van der Waals surface area contributed by atoms with Crippen LogP contribution in [0.1, 0.15) is 51.9 Å². The first-order valence-electron chi connectivity index (χ1n) is 7.90. The van der Waals surface area contributed by atoms with Crippen LogP contribution in [0.4, 0.5) is 0 Å². The lowest BCUT2D eigenvalue weighted by molar-refractivity contribution is -0.0500. The summed E-state index contributed by atoms with van der Waals surface area (Å²) in [4.78, 5) is 2.64. The average molecular weight is 252 g/mol. The van der Waals surface area contributed by atoms with Crippen LogP contribution in [0.3, 0.4) is 0 Å². The Kier molecular flexibility index (Phi) is 3.92. The highest BCUT2D eigenvalue weighted by Gasteiger charge is 2.42. The lowest BCUT2D eigenvalue weighted by Crippen LogP contribution is -2.40. The Morgan fingerprint density at radius 1 is 1.17 bits per heavy atom. The van der Waals surface area contributed by atoms with E-state index in [0.29, 0.717) is 17.7 Å². The predicted molar refractivity (Wildman–Crippen MR) is 73.8 cm³/mol. The summed E-state index contributed by atoms with van der Waals surface area (Å²) >= 11 is 0. The molecule has 3 heteroatoms. The number of ether oxygens (including phenoxy) is 1. The zero-order chi connectivity index (χ0) is 12.4. The van der Waals surface area contributed by atoms with Gasteiger partial charge in [-0.3, -0.25) is 4.90 Å². The topological polar surface area (TPSA) is 24.5 Å². The van der Waals surface area contributed by atoms with Crippen molar-refractivity contribution in [2.45, 2.75) is 69.6 Å². The minimum Gasteiger partial charge on any atom is -0.370 e. The lowest BCUT2D eigenvalue weighted by Gasteiger charge is -2.30. The highest BCUT2D eigenvalue weighted by molar-refractivity contribution is 4.94. The third-order valence-corrected chi connectivity index (χ3v) is 5.23. The fourth-order valence-corrected chi connectivity index (χ4v) is 4.01. The van der Waals surface area contributed by atoms with Crippen LogP contribution in [0.2, 0.25) is 0 Å². The van der Waals surface area contributed by atoms with E-state index in [1.165, 1.54) is 58.0 Å². The number of rotatable bonds is 2. The largest absolute Gasteiger partial charge is 0.370 e. The zero-order valence-electron chi connectivity index (χ0n) is 11.8. The van der Waals surface area contributed by atoms with Gasteiger partial charge in [-0.25, -0.2) is 0 Å². The lowest BCUT2D eigenvalue weighted by atomic mass is 9.98. The molecule has 0 radical (unpaired) electrons. The SMILES string of the molecule is CC1CCNCCN1CC1CCC2(CCCC2)O1. The Bertz CT molecular complexity index is 276. The third-order valence-electron chi connectivity index (χ3n) is 5.23. The molecule has 1 N–H and O–H groups in total. The minimum absolute atomic E-state index is 0.304. The molecule has 1 spiro atoms. The molecule has 0 aromatic rings. The average Bonchev–Trinajstić information content (AvgIpc) is 2.93. The summed E-state index contributed by atoms with van der Waals surface area (Å²) in [6, 6.07) is 0.712. The van der Waals surface area contributed by atoms with Crippen LogP contribution >= 0.6 is 0 Å². The Morgan fingerprint density at radius 2 is 2.00 bits per heavy atom. The fraction of sp³-hybridized carbons (Fsp3) is 1.00. The molecule has 2 heterocycles. The molecule has 2 aliphatic heterocycles. The second-order valence-electron chi connectivity index (χ2n) is 6.55. The van der Waals surface area contributed by atoms with Crippen LogP contribution in [0.5, 0.6) is 0 Å². The predicted octanol–water partition coefficient (Wildman–Crippen LogP) is 2.16. The standard InChI is InChI=1S/C15H28N2O/c1-13-5-9-16-10-11-17(13)12-14-4-8-15(18-14)6-2-3-7-15/h13-14,16H,2-12H2,1H3. The van der Waals surface area contributed by atoms with Crippen molar-refractivity contribution in [2.75, 3.05) is 26.2 Å². The van der Waals surface area contributed by atoms with Gasteiger partial charge in [0.2, 0.25) is 0 Å². The van der Waals surface area contributed by atoms with Gasteiger partial charge in [-0.1, -0.05) is 12.8 Å². The maximum atomic E-state index is 6.44. The summed E-state index contributed by atoms with van der Waals surface area (Å²) in [5.74, 6) is 0. The second-order valence-corrected chi connectivity index (χ2v) is 6.55. The van der Waals surface area contributed by atoms with Crippen molar-refractivity contribution >= 4 is 0 Å². The first-order chi connectivity index (χ1) is 8.77. The van der Waals surface area contributed by atoms with E-state index in [2.05, 4.69) is 17.1 Å². The Morgan fingerprint density at radius 3 is 2.83 bits per heavy atom. The molecule has 104 valence electrons. The number of nitrogens with one attached hydrogen (secondary N) is 1. The molecule has 3 aliphatic rings. The molecule has 18 heavy (non-hydrogen) atoms. The summed E-state index contributed by atoms with van der Waals surface area (Å²) in [6.45, 7) is 7.03. The van der Waals surface area contributed by atoms with Crippen LogP contribution in [0.15, 0.2) is 0 Å². The van der Waals surface area contributed by atoms with Crippen molar-refractivity contribution in [3.05, 3.63) is 0 Å². The van der Waals surface area contributed by atoms with Crippen molar-refractivity contribution in [3.63, 3.8) is 0 Å². The van der Waals surface area contributed by atoms with Crippen LogP contribution in [-0.4, -0.2) is 48.8 Å². The first kappa shape index (κ1) is 12.9. The van der Waals surface area contributed by atoms with Crippen molar-refractivity contribution in [2.24, 2.45) is 0 Å². The zero-order valence-corrected chi connectivity index (χ0v) is 11.8. The fourth-order valence-electron chi connectivity index (χ4n) is 4.01. The third kappa shape index (κ3) is 2.73. The van der Waals surface area contributed by atoms with Gasteiger partial charge in [0.25, 0.3) is 0 Å². The molecular formula is C15H28N2O. The molecule has 2 saturated heterocycles. The smallest absolute Gasteiger partial charge is 0.0710 e. The van der Waals surface area contributed by atoms with E-state index in [1.807, 2.05) is 0 Å². The summed E-state index contributed by atoms with van der Waals surface area (Å²) in [5.41, 5.74) is 0.304. The van der Waals surface area contributed by atoms with Crippen LogP contribution in [-0.2, 0) is 4.74 Å². The van der Waals surface area contributed by atoms with Crippen LogP contribution in [0, 0.1) is 0 Å². The van der Waals surface area contributed by atoms with E-state index in [9.17, 15) is 0 Å². The van der Waals surface area contributed by atoms with E-state index in [-0.39, 0.29) is 0 Å². The summed E-state index contributed by atoms with van der Waals surface area (Å²) in [7, 11) is 0. The van der Waals surface area contributed by atoms with Gasteiger partial charge in [-0.2, -0.15) is 0 Å². The Labute approximate surface area is 111 Å². The molecule has 0 bridgehead atoms. The summed E-state index contributed by atoms with van der Waals surface area (Å²) < 4.78 is 6.44. The Balaban J connectivity index is 1.53. The van der Waals surface area contributed by atoms with Gasteiger partial charge in [-0.05, 0) is 45.6 Å². The highest BCUT2D eigenvalue weighted by atomic mass is 16.5. The molecular weight excluding hydrogens is 224 g/mol. The second kappa shape index (κ2) is 5.48. The first-order valence-corrected chi connectivity index (χ1v) is 7.90. The van der Waals surface area contributed by atoms with Crippen molar-refractivity contribution in [1.82, 2.24) is 10.2 Å². The normalized spacial score (nSPS) is 37.2. The van der Waals surface area contributed by atoms with Crippen molar-refractivity contribution < 1.29 is 4.74 Å². The van der Waals surface area contributed by atoms with Gasteiger partial charge in [0.05, 0.1) is 11.7 Å². The molecule has 0 amide bonds. The van der Waals surface area contributed by atoms with E-state index in [0.717, 1.165) is 13.1 Å². The summed E-state index contributed by atoms with van der Waals surface area (Å²) in [5, 5.41) is 3.50. The van der Waals surface area contributed by atoms with Crippen molar-refractivity contribution in [1.29, 1.82) is 0 Å². The van der Waals surface area contributed by atoms with Gasteiger partial charge in [-0.15, -0.1) is 0 Å². The molecule has 2 unspecified atom stereocenters. The molecule has 3 nitrogen and oxygen atoms in total. The molecule has 3 fully saturated rings. The van der Waals surface area contributed by atoms with E-state index in [4.69, 9.17) is 4.74 Å². The monoisotopic (exact) mass is 252 g/mol. The van der Waals surface area contributed by atoms with E-state index < -0.39 is 0 Å². The molecule has 3 rings (SSSR count). The van der Waals surface area contributed by atoms with Gasteiger partial charge in [0.1, 0.15) is 0 Å². The van der Waals surface area contributed by atoms with Gasteiger partial charge in [0.15, 0.2) is 0 Å². The molecule has 1 aliphatic carbocycles. The molecule has 2 atom stereocenters. The highest BCUT2D eigenvalue weighted by Crippen LogP contribution is 2.43. The van der Waals surface area contributed by atoms with Crippen LogP contribution < -0.4 is 5.32 Å². The minimum atomic E-state index is 0.304. The summed E-state index contributed by atoms with van der Waals surface area (Å²) in [6.07, 6.45) is 9.80. The number of hydrogen-bond donors (Lipinski definition) is 1. The van der Waals surface area contributed by atoms with E-state index in [1.54, 1.807) is 0 Å². The maximum Gasteiger partial charge on any atom is 0.0710 e. The molecule has 1 saturated carbocycles. The molecule has 0 aromatic heterocycles. The molecule has 0 aromatic carbocycles. The van der Waals surface area contributed by atoms with Gasteiger partial charge >= 0.3 is 0 Å². The van der Waals surface area contributed by atoms with Gasteiger partial charge < -0.3 is 10.1 Å². The van der Waals surface area contributed by atoms with Crippen molar-refractivity contribution in [3.8, 4) is 0 Å². The number of nitrogens with zero attached hydrogens (tertiary/aromatic N) is 1.